The second kappa shape index (κ2) is 8.23. The normalized spacial score (nSPS) is 17.3. The molecule has 24 heavy (non-hydrogen) atoms. The summed E-state index contributed by atoms with van der Waals surface area (Å²) in [6.45, 7) is 8.65. The SMILES string of the molecule is CCCS(=O)(=O)N1CCN(CC(=O)c2ccc(C(C)C)cc2)CC1. The average molecular weight is 353 g/mol. The average Bonchev–Trinajstić information content (AvgIpc) is 2.55. The summed E-state index contributed by atoms with van der Waals surface area (Å²) in [4.78, 5) is 14.4. The summed E-state index contributed by atoms with van der Waals surface area (Å²) in [6, 6.07) is 7.79. The van der Waals surface area contributed by atoms with E-state index in [9.17, 15) is 13.2 Å². The number of benzene rings is 1. The molecular formula is C18H28N2O3S. The summed E-state index contributed by atoms with van der Waals surface area (Å²) in [5.41, 5.74) is 1.95. The molecule has 1 aromatic rings. The van der Waals surface area contributed by atoms with Gasteiger partial charge in [-0.1, -0.05) is 45.0 Å². The monoisotopic (exact) mass is 352 g/mol. The van der Waals surface area contributed by atoms with Crippen molar-refractivity contribution in [1.29, 1.82) is 0 Å². The Morgan fingerprint density at radius 1 is 1.08 bits per heavy atom. The van der Waals surface area contributed by atoms with Gasteiger partial charge in [0.2, 0.25) is 10.0 Å². The summed E-state index contributed by atoms with van der Waals surface area (Å²) in [6.07, 6.45) is 0.632. The highest BCUT2D eigenvalue weighted by Crippen LogP contribution is 2.16. The Hall–Kier alpha value is -1.24. The minimum Gasteiger partial charge on any atom is -0.293 e. The van der Waals surface area contributed by atoms with Crippen LogP contribution in [0.15, 0.2) is 24.3 Å². The molecule has 0 aromatic heterocycles. The van der Waals surface area contributed by atoms with Crippen molar-refractivity contribution in [3.05, 3.63) is 35.4 Å². The molecule has 0 unspecified atom stereocenters. The Labute approximate surface area is 145 Å². The predicted octanol–water partition coefficient (Wildman–Crippen LogP) is 2.35. The van der Waals surface area contributed by atoms with Gasteiger partial charge in [0.25, 0.3) is 0 Å². The summed E-state index contributed by atoms with van der Waals surface area (Å²) in [7, 11) is -3.13. The lowest BCUT2D eigenvalue weighted by molar-refractivity contribution is 0.0901. The van der Waals surface area contributed by atoms with E-state index in [1.54, 1.807) is 4.31 Å². The molecular weight excluding hydrogens is 324 g/mol. The van der Waals surface area contributed by atoms with Crippen LogP contribution in [0.1, 0.15) is 49.0 Å². The first kappa shape index (κ1) is 19.1. The Kier molecular flexibility index (Phi) is 6.54. The van der Waals surface area contributed by atoms with Crippen LogP contribution in [-0.2, 0) is 10.0 Å². The maximum Gasteiger partial charge on any atom is 0.214 e. The number of nitrogens with zero attached hydrogens (tertiary/aromatic N) is 2. The fourth-order valence-corrected chi connectivity index (χ4v) is 4.39. The van der Waals surface area contributed by atoms with Crippen LogP contribution < -0.4 is 0 Å². The number of carbonyl (C=O) groups is 1. The van der Waals surface area contributed by atoms with Gasteiger partial charge in [0.05, 0.1) is 12.3 Å². The Morgan fingerprint density at radius 2 is 1.67 bits per heavy atom. The van der Waals surface area contributed by atoms with Crippen LogP contribution in [0.2, 0.25) is 0 Å². The van der Waals surface area contributed by atoms with Gasteiger partial charge in [-0.2, -0.15) is 4.31 Å². The van der Waals surface area contributed by atoms with E-state index in [0.717, 1.165) is 5.56 Å². The Bertz CT molecular complexity index is 645. The van der Waals surface area contributed by atoms with Crippen LogP contribution >= 0.6 is 0 Å². The van der Waals surface area contributed by atoms with Crippen LogP contribution in [0.3, 0.4) is 0 Å². The molecule has 5 nitrogen and oxygen atoms in total. The zero-order chi connectivity index (χ0) is 17.7. The van der Waals surface area contributed by atoms with Gasteiger partial charge in [0.1, 0.15) is 0 Å². The number of ketones is 1. The van der Waals surface area contributed by atoms with E-state index >= 15 is 0 Å². The molecule has 6 heteroatoms. The zero-order valence-electron chi connectivity index (χ0n) is 14.9. The van der Waals surface area contributed by atoms with E-state index < -0.39 is 10.0 Å². The number of carbonyl (C=O) groups excluding carboxylic acids is 1. The molecule has 1 aliphatic rings. The zero-order valence-corrected chi connectivity index (χ0v) is 15.7. The standard InChI is InChI=1S/C18H28N2O3S/c1-4-13-24(22,23)20-11-9-19(10-12-20)14-18(21)17-7-5-16(6-8-17)15(2)3/h5-8,15H,4,9-14H2,1-3H3. The van der Waals surface area contributed by atoms with Gasteiger partial charge in [-0.25, -0.2) is 8.42 Å². The van der Waals surface area contributed by atoms with Crippen molar-refractivity contribution in [2.75, 3.05) is 38.5 Å². The van der Waals surface area contributed by atoms with Gasteiger partial charge in [0.15, 0.2) is 5.78 Å². The first-order chi connectivity index (χ1) is 11.3. The number of hydrogen-bond donors (Lipinski definition) is 0. The molecule has 0 bridgehead atoms. The molecule has 2 rings (SSSR count). The summed E-state index contributed by atoms with van der Waals surface area (Å²) in [5.74, 6) is 0.746. The maximum absolute atomic E-state index is 12.4. The van der Waals surface area contributed by atoms with Gasteiger partial charge in [-0.15, -0.1) is 0 Å². The number of piperazine rings is 1. The molecule has 0 amide bonds. The van der Waals surface area contributed by atoms with Crippen LogP contribution in [0.4, 0.5) is 0 Å². The third-order valence-corrected chi connectivity index (χ3v) is 6.53. The van der Waals surface area contributed by atoms with Gasteiger partial charge in [0, 0.05) is 31.7 Å². The highest BCUT2D eigenvalue weighted by Gasteiger charge is 2.26. The van der Waals surface area contributed by atoms with E-state index in [4.69, 9.17) is 0 Å². The van der Waals surface area contributed by atoms with Crippen molar-refractivity contribution >= 4 is 15.8 Å². The van der Waals surface area contributed by atoms with E-state index in [1.165, 1.54) is 5.56 Å². The molecule has 134 valence electrons. The molecule has 0 saturated carbocycles. The molecule has 0 N–H and O–H groups in total. The third kappa shape index (κ3) is 4.88. The maximum atomic E-state index is 12.4. The first-order valence-electron chi connectivity index (χ1n) is 8.67. The lowest BCUT2D eigenvalue weighted by Gasteiger charge is -2.33. The van der Waals surface area contributed by atoms with Crippen molar-refractivity contribution in [3.63, 3.8) is 0 Å². The largest absolute Gasteiger partial charge is 0.293 e. The van der Waals surface area contributed by atoms with Crippen molar-refractivity contribution in [2.24, 2.45) is 0 Å². The number of Topliss-reactive ketones (excluding diaryl/α,β-unsaturated/α-hetero) is 1. The minimum absolute atomic E-state index is 0.0928. The fraction of sp³-hybridized carbons (Fsp3) is 0.611. The smallest absolute Gasteiger partial charge is 0.214 e. The predicted molar refractivity (Wildman–Crippen MR) is 97.0 cm³/mol. The van der Waals surface area contributed by atoms with E-state index in [2.05, 4.69) is 13.8 Å². The van der Waals surface area contributed by atoms with Crippen LogP contribution in [0.25, 0.3) is 0 Å². The second-order valence-electron chi connectivity index (χ2n) is 6.69. The fourth-order valence-electron chi connectivity index (χ4n) is 2.90. The number of hydrogen-bond acceptors (Lipinski definition) is 4. The van der Waals surface area contributed by atoms with Crippen LogP contribution in [-0.4, -0.2) is 61.9 Å². The quantitative estimate of drug-likeness (QED) is 0.707. The van der Waals surface area contributed by atoms with Gasteiger partial charge >= 0.3 is 0 Å². The lowest BCUT2D eigenvalue weighted by Crippen LogP contribution is -2.50. The van der Waals surface area contributed by atoms with Crippen LogP contribution in [0, 0.1) is 0 Å². The van der Waals surface area contributed by atoms with Gasteiger partial charge < -0.3 is 0 Å². The van der Waals surface area contributed by atoms with Crippen molar-refractivity contribution in [1.82, 2.24) is 9.21 Å². The van der Waals surface area contributed by atoms with Crippen LogP contribution in [0.5, 0.6) is 0 Å². The number of rotatable bonds is 7. The summed E-state index contributed by atoms with van der Waals surface area (Å²) in [5, 5.41) is 0. The molecule has 1 saturated heterocycles. The van der Waals surface area contributed by atoms with E-state index in [1.807, 2.05) is 36.1 Å². The molecule has 0 aliphatic carbocycles. The van der Waals surface area contributed by atoms with Crippen molar-refractivity contribution in [2.45, 2.75) is 33.1 Å². The van der Waals surface area contributed by atoms with Gasteiger partial charge in [-0.05, 0) is 17.9 Å². The minimum atomic E-state index is -3.13. The van der Waals surface area contributed by atoms with Crippen molar-refractivity contribution in [3.8, 4) is 0 Å². The summed E-state index contributed by atoms with van der Waals surface area (Å²) < 4.78 is 25.7. The topological polar surface area (TPSA) is 57.7 Å². The molecule has 0 atom stereocenters. The highest BCUT2D eigenvalue weighted by molar-refractivity contribution is 7.89. The van der Waals surface area contributed by atoms with Crippen molar-refractivity contribution < 1.29 is 13.2 Å². The van der Waals surface area contributed by atoms with E-state index in [0.29, 0.717) is 45.1 Å². The lowest BCUT2D eigenvalue weighted by atomic mass is 10.0. The molecule has 1 aliphatic heterocycles. The third-order valence-electron chi connectivity index (χ3n) is 4.45. The van der Waals surface area contributed by atoms with Gasteiger partial charge in [-0.3, -0.25) is 9.69 Å². The Balaban J connectivity index is 1.88. The molecule has 0 radical (unpaired) electrons. The number of sulfonamides is 1. The Morgan fingerprint density at radius 3 is 2.17 bits per heavy atom. The highest BCUT2D eigenvalue weighted by atomic mass is 32.2. The molecule has 1 fully saturated rings. The first-order valence-corrected chi connectivity index (χ1v) is 10.3. The molecule has 0 spiro atoms. The van der Waals surface area contributed by atoms with E-state index in [-0.39, 0.29) is 11.5 Å². The molecule has 1 aromatic carbocycles. The second-order valence-corrected chi connectivity index (χ2v) is 8.78. The summed E-state index contributed by atoms with van der Waals surface area (Å²) >= 11 is 0. The molecule has 1 heterocycles.